The molecule has 1 amide bonds. The number of amides is 1. The van der Waals surface area contributed by atoms with E-state index in [1.54, 1.807) is 12.1 Å². The van der Waals surface area contributed by atoms with Crippen molar-refractivity contribution in [3.63, 3.8) is 0 Å². The topological polar surface area (TPSA) is 68.3 Å². The zero-order chi connectivity index (χ0) is 21.0. The zero-order valence-corrected chi connectivity index (χ0v) is 18.3. The highest BCUT2D eigenvalue weighted by atomic mass is 79.9. The monoisotopic (exact) mass is 492 g/mol. The van der Waals surface area contributed by atoms with Crippen LogP contribution in [-0.4, -0.2) is 24.3 Å². The summed E-state index contributed by atoms with van der Waals surface area (Å²) in [4.78, 5) is 27.9. The summed E-state index contributed by atoms with van der Waals surface area (Å²) in [6.07, 6.45) is 2.01. The van der Waals surface area contributed by atoms with Gasteiger partial charge in [0.2, 0.25) is 0 Å². The minimum atomic E-state index is -0.459. The van der Waals surface area contributed by atoms with Crippen molar-refractivity contribution >= 4 is 57.0 Å². The maximum atomic E-state index is 12.7. The average Bonchev–Trinajstić information content (AvgIpc) is 2.72. The normalized spacial score (nSPS) is 10.6. The lowest BCUT2D eigenvalue weighted by atomic mass is 10.0. The van der Waals surface area contributed by atoms with Gasteiger partial charge < -0.3 is 10.1 Å². The first-order valence-corrected chi connectivity index (χ1v) is 9.98. The molecule has 0 bridgehead atoms. The van der Waals surface area contributed by atoms with Crippen molar-refractivity contribution in [2.75, 3.05) is 12.4 Å². The predicted molar refractivity (Wildman–Crippen MR) is 118 cm³/mol. The smallest absolute Gasteiger partial charge is 0.274 e. The predicted octanol–water partition coefficient (Wildman–Crippen LogP) is 6.03. The van der Waals surface area contributed by atoms with Crippen LogP contribution in [0.15, 0.2) is 53.1 Å². The lowest BCUT2D eigenvalue weighted by Crippen LogP contribution is -2.15. The van der Waals surface area contributed by atoms with Crippen LogP contribution in [-0.2, 0) is 11.3 Å². The quantitative estimate of drug-likeness (QED) is 0.425. The number of carbonyl (C=O) groups excluding carboxylic acids is 2. The molecule has 8 heteroatoms. The third kappa shape index (κ3) is 4.67. The van der Waals surface area contributed by atoms with Gasteiger partial charge in [-0.3, -0.25) is 14.6 Å². The molecule has 0 radical (unpaired) electrons. The minimum Gasteiger partial charge on any atom is -0.380 e. The molecule has 0 saturated carbocycles. The third-order valence-electron chi connectivity index (χ3n) is 4.17. The van der Waals surface area contributed by atoms with Crippen LogP contribution in [0, 0.1) is 0 Å². The van der Waals surface area contributed by atoms with Crippen molar-refractivity contribution in [2.24, 2.45) is 0 Å². The van der Waals surface area contributed by atoms with Crippen LogP contribution < -0.4 is 5.32 Å². The number of pyridine rings is 1. The van der Waals surface area contributed by atoms with E-state index in [1.807, 2.05) is 24.3 Å². The SMILES string of the molecule is COCc1cc(C(=O)Nc2cccc(-c3cccc(Br)c3Cl)c2Cl)ncc1C=O. The number of benzene rings is 2. The highest BCUT2D eigenvalue weighted by Gasteiger charge is 2.16. The number of ether oxygens (including phenoxy) is 1. The van der Waals surface area contributed by atoms with E-state index >= 15 is 0 Å². The number of aldehydes is 1. The third-order valence-corrected chi connectivity index (χ3v) is 5.88. The largest absolute Gasteiger partial charge is 0.380 e. The fraction of sp³-hybridized carbons (Fsp3) is 0.0952. The van der Waals surface area contributed by atoms with Crippen molar-refractivity contribution < 1.29 is 14.3 Å². The van der Waals surface area contributed by atoms with Crippen LogP contribution in [0.3, 0.4) is 0 Å². The Bertz CT molecular complexity index is 1090. The Balaban J connectivity index is 1.93. The first-order valence-electron chi connectivity index (χ1n) is 8.43. The zero-order valence-electron chi connectivity index (χ0n) is 15.2. The number of methoxy groups -OCH3 is 1. The molecule has 0 spiro atoms. The number of nitrogens with zero attached hydrogens (tertiary/aromatic N) is 1. The van der Waals surface area contributed by atoms with Gasteiger partial charge >= 0.3 is 0 Å². The molecule has 29 heavy (non-hydrogen) atoms. The molecule has 3 rings (SSSR count). The molecule has 148 valence electrons. The molecule has 3 aromatic rings. The van der Waals surface area contributed by atoms with E-state index < -0.39 is 5.91 Å². The minimum absolute atomic E-state index is 0.143. The summed E-state index contributed by atoms with van der Waals surface area (Å²) in [6.45, 7) is 0.189. The lowest BCUT2D eigenvalue weighted by Gasteiger charge is -2.13. The fourth-order valence-corrected chi connectivity index (χ4v) is 3.62. The van der Waals surface area contributed by atoms with Crippen molar-refractivity contribution in [1.82, 2.24) is 4.98 Å². The molecule has 1 N–H and O–H groups in total. The molecular weight excluding hydrogens is 479 g/mol. The van der Waals surface area contributed by atoms with Gasteiger partial charge in [0.15, 0.2) is 6.29 Å². The van der Waals surface area contributed by atoms with Crippen molar-refractivity contribution in [3.05, 3.63) is 80.0 Å². The van der Waals surface area contributed by atoms with Crippen molar-refractivity contribution in [1.29, 1.82) is 0 Å². The van der Waals surface area contributed by atoms with Crippen molar-refractivity contribution in [2.45, 2.75) is 6.61 Å². The van der Waals surface area contributed by atoms with Crippen LogP contribution in [0.5, 0.6) is 0 Å². The number of hydrogen-bond acceptors (Lipinski definition) is 4. The van der Waals surface area contributed by atoms with Crippen LogP contribution in [0.4, 0.5) is 5.69 Å². The summed E-state index contributed by atoms with van der Waals surface area (Å²) in [5.74, 6) is -0.459. The van der Waals surface area contributed by atoms with Gasteiger partial charge in [0, 0.05) is 34.5 Å². The second-order valence-electron chi connectivity index (χ2n) is 6.04. The second kappa shape index (κ2) is 9.50. The van der Waals surface area contributed by atoms with Crippen molar-refractivity contribution in [3.8, 4) is 11.1 Å². The van der Waals surface area contributed by atoms with Crippen LogP contribution in [0.2, 0.25) is 10.0 Å². The Morgan fingerprint density at radius 3 is 2.55 bits per heavy atom. The highest BCUT2D eigenvalue weighted by Crippen LogP contribution is 2.39. The molecular formula is C21H15BrCl2N2O3. The fourth-order valence-electron chi connectivity index (χ4n) is 2.75. The summed E-state index contributed by atoms with van der Waals surface area (Å²) < 4.78 is 5.82. The van der Waals surface area contributed by atoms with Gasteiger partial charge in [-0.25, -0.2) is 0 Å². The highest BCUT2D eigenvalue weighted by molar-refractivity contribution is 9.10. The van der Waals surface area contributed by atoms with Gasteiger partial charge in [-0.2, -0.15) is 0 Å². The van der Waals surface area contributed by atoms with E-state index in [0.29, 0.717) is 38.7 Å². The standard InChI is InChI=1S/C21H15BrCl2N2O3/c1-29-11-12-8-18(25-9-13(12)10-27)21(28)26-17-7-3-5-15(20(17)24)14-4-2-6-16(22)19(14)23/h2-10H,11H2,1H3,(H,26,28). The summed E-state index contributed by atoms with van der Waals surface area (Å²) in [6, 6.07) is 12.3. The van der Waals surface area contributed by atoms with Gasteiger partial charge in [-0.15, -0.1) is 0 Å². The number of hydrogen-bond donors (Lipinski definition) is 1. The maximum absolute atomic E-state index is 12.7. The number of nitrogens with one attached hydrogen (secondary N) is 1. The Morgan fingerprint density at radius 2 is 1.86 bits per heavy atom. The van der Waals surface area contributed by atoms with Gasteiger partial charge in [-0.05, 0) is 39.7 Å². The molecule has 0 atom stereocenters. The van der Waals surface area contributed by atoms with Gasteiger partial charge in [0.25, 0.3) is 5.91 Å². The number of rotatable bonds is 6. The van der Waals surface area contributed by atoms with Crippen LogP contribution in [0.1, 0.15) is 26.4 Å². The molecule has 5 nitrogen and oxygen atoms in total. The summed E-state index contributed by atoms with van der Waals surface area (Å²) in [7, 11) is 1.51. The molecule has 0 aliphatic rings. The van der Waals surface area contributed by atoms with E-state index in [1.165, 1.54) is 19.4 Å². The summed E-state index contributed by atoms with van der Waals surface area (Å²) in [5.41, 5.74) is 2.92. The molecule has 0 aliphatic carbocycles. The van der Waals surface area contributed by atoms with E-state index in [2.05, 4.69) is 26.2 Å². The molecule has 0 aliphatic heterocycles. The van der Waals surface area contributed by atoms with Gasteiger partial charge in [0.1, 0.15) is 5.69 Å². The number of halogens is 3. The molecule has 1 heterocycles. The molecule has 1 aromatic heterocycles. The number of aromatic nitrogens is 1. The van der Waals surface area contributed by atoms with E-state index in [0.717, 1.165) is 10.0 Å². The molecule has 2 aromatic carbocycles. The first-order chi connectivity index (χ1) is 14.0. The Kier molecular flexibility index (Phi) is 7.03. The van der Waals surface area contributed by atoms with Gasteiger partial charge in [-0.1, -0.05) is 47.5 Å². The molecule has 0 unspecified atom stereocenters. The van der Waals surface area contributed by atoms with E-state index in [9.17, 15) is 9.59 Å². The number of carbonyl (C=O) groups is 2. The van der Waals surface area contributed by atoms with Crippen LogP contribution >= 0.6 is 39.1 Å². The Hall–Kier alpha value is -2.25. The van der Waals surface area contributed by atoms with E-state index in [-0.39, 0.29) is 12.3 Å². The van der Waals surface area contributed by atoms with Gasteiger partial charge in [0.05, 0.1) is 22.3 Å². The molecule has 0 saturated heterocycles. The maximum Gasteiger partial charge on any atom is 0.274 e. The molecule has 0 fully saturated rings. The Morgan fingerprint density at radius 1 is 1.17 bits per heavy atom. The lowest BCUT2D eigenvalue weighted by molar-refractivity contribution is 0.102. The number of anilines is 1. The summed E-state index contributed by atoms with van der Waals surface area (Å²) >= 11 is 16.3. The van der Waals surface area contributed by atoms with Crippen LogP contribution in [0.25, 0.3) is 11.1 Å². The first kappa shape index (κ1) is 21.5. The average molecular weight is 494 g/mol. The summed E-state index contributed by atoms with van der Waals surface area (Å²) in [5, 5.41) is 3.63. The Labute approximate surface area is 186 Å². The van der Waals surface area contributed by atoms with E-state index in [4.69, 9.17) is 27.9 Å². The second-order valence-corrected chi connectivity index (χ2v) is 7.65.